The van der Waals surface area contributed by atoms with Gasteiger partial charge in [0.1, 0.15) is 4.92 Å². The number of hydrazone groups is 1. The standard InChI is InChI=1S/C15H12N4O3S/c1-10-2-4-11(5-3-10)13-9-23-15(17-13)18-16-8-12-6-7-14(22-12)19(20)21/h2-9H,1H3,(H,17,18)/b16-8+. The van der Waals surface area contributed by atoms with E-state index in [1.54, 1.807) is 0 Å². The summed E-state index contributed by atoms with van der Waals surface area (Å²) in [6.07, 6.45) is 1.36. The monoisotopic (exact) mass is 328 g/mol. The summed E-state index contributed by atoms with van der Waals surface area (Å²) < 4.78 is 4.96. The number of rotatable bonds is 5. The summed E-state index contributed by atoms with van der Waals surface area (Å²) in [7, 11) is 0. The van der Waals surface area contributed by atoms with Gasteiger partial charge in [-0.05, 0) is 13.0 Å². The molecule has 23 heavy (non-hydrogen) atoms. The van der Waals surface area contributed by atoms with Crippen molar-refractivity contribution in [1.29, 1.82) is 0 Å². The molecule has 2 aromatic heterocycles. The molecule has 2 heterocycles. The van der Waals surface area contributed by atoms with E-state index in [-0.39, 0.29) is 5.88 Å². The molecule has 1 N–H and O–H groups in total. The molecule has 0 aliphatic heterocycles. The second kappa shape index (κ2) is 6.41. The van der Waals surface area contributed by atoms with Crippen molar-refractivity contribution in [2.24, 2.45) is 5.10 Å². The first-order valence-corrected chi connectivity index (χ1v) is 7.55. The summed E-state index contributed by atoms with van der Waals surface area (Å²) >= 11 is 1.42. The third-order valence-electron chi connectivity index (χ3n) is 3.00. The number of furan rings is 1. The van der Waals surface area contributed by atoms with Crippen LogP contribution >= 0.6 is 11.3 Å². The molecular weight excluding hydrogens is 316 g/mol. The molecule has 0 aliphatic carbocycles. The predicted octanol–water partition coefficient (Wildman–Crippen LogP) is 4.07. The van der Waals surface area contributed by atoms with Gasteiger partial charge in [-0.3, -0.25) is 15.5 Å². The van der Waals surface area contributed by atoms with Crippen molar-refractivity contribution in [1.82, 2.24) is 4.98 Å². The third-order valence-corrected chi connectivity index (χ3v) is 3.74. The first-order valence-electron chi connectivity index (χ1n) is 6.68. The maximum atomic E-state index is 10.5. The number of thiazole rings is 1. The quantitative estimate of drug-likeness (QED) is 0.433. The van der Waals surface area contributed by atoms with Crippen LogP contribution in [-0.4, -0.2) is 16.1 Å². The Morgan fingerprint density at radius 3 is 2.78 bits per heavy atom. The normalized spacial score (nSPS) is 11.0. The lowest BCUT2D eigenvalue weighted by Crippen LogP contribution is -1.89. The van der Waals surface area contributed by atoms with E-state index in [1.165, 1.54) is 35.2 Å². The summed E-state index contributed by atoms with van der Waals surface area (Å²) in [6.45, 7) is 2.03. The highest BCUT2D eigenvalue weighted by atomic mass is 32.1. The van der Waals surface area contributed by atoms with Crippen molar-refractivity contribution in [2.75, 3.05) is 5.43 Å². The van der Waals surface area contributed by atoms with Crippen molar-refractivity contribution in [3.8, 4) is 11.3 Å². The van der Waals surface area contributed by atoms with E-state index in [9.17, 15) is 10.1 Å². The molecule has 116 valence electrons. The molecule has 0 unspecified atom stereocenters. The Bertz CT molecular complexity index is 852. The second-order valence-electron chi connectivity index (χ2n) is 4.71. The topological polar surface area (TPSA) is 93.6 Å². The number of anilines is 1. The van der Waals surface area contributed by atoms with E-state index in [0.29, 0.717) is 10.9 Å². The fourth-order valence-electron chi connectivity index (χ4n) is 1.84. The maximum absolute atomic E-state index is 10.5. The first kappa shape index (κ1) is 14.9. The van der Waals surface area contributed by atoms with Crippen molar-refractivity contribution >= 4 is 28.6 Å². The van der Waals surface area contributed by atoms with Gasteiger partial charge in [-0.2, -0.15) is 5.10 Å². The van der Waals surface area contributed by atoms with Crippen LogP contribution in [0, 0.1) is 17.0 Å². The van der Waals surface area contributed by atoms with Gasteiger partial charge in [0, 0.05) is 10.9 Å². The van der Waals surface area contributed by atoms with E-state index in [2.05, 4.69) is 15.5 Å². The van der Waals surface area contributed by atoms with Gasteiger partial charge in [0.15, 0.2) is 5.76 Å². The van der Waals surface area contributed by atoms with Crippen LogP contribution in [0.5, 0.6) is 0 Å². The number of benzene rings is 1. The smallest absolute Gasteiger partial charge is 0.400 e. The molecule has 0 amide bonds. The molecule has 0 radical (unpaired) electrons. The Kier molecular flexibility index (Phi) is 4.15. The molecule has 0 saturated carbocycles. The van der Waals surface area contributed by atoms with Gasteiger partial charge in [0.25, 0.3) is 0 Å². The largest absolute Gasteiger partial charge is 0.433 e. The summed E-state index contributed by atoms with van der Waals surface area (Å²) in [6, 6.07) is 10.8. The Morgan fingerprint density at radius 2 is 2.09 bits per heavy atom. The number of hydrogen-bond donors (Lipinski definition) is 1. The average molecular weight is 328 g/mol. The fourth-order valence-corrected chi connectivity index (χ4v) is 2.51. The van der Waals surface area contributed by atoms with Gasteiger partial charge in [-0.15, -0.1) is 11.3 Å². The summed E-state index contributed by atoms with van der Waals surface area (Å²) in [5, 5.41) is 17.0. The minimum atomic E-state index is -0.598. The number of hydrogen-bond acceptors (Lipinski definition) is 7. The van der Waals surface area contributed by atoms with Gasteiger partial charge < -0.3 is 4.42 Å². The minimum Gasteiger partial charge on any atom is -0.400 e. The van der Waals surface area contributed by atoms with E-state index in [4.69, 9.17) is 4.42 Å². The summed E-state index contributed by atoms with van der Waals surface area (Å²) in [4.78, 5) is 14.3. The zero-order valence-electron chi connectivity index (χ0n) is 12.1. The molecule has 8 heteroatoms. The molecule has 0 aliphatic rings. The van der Waals surface area contributed by atoms with Gasteiger partial charge in [0.2, 0.25) is 5.13 Å². The van der Waals surface area contributed by atoms with Crippen LogP contribution < -0.4 is 5.43 Å². The number of nitrogens with zero attached hydrogens (tertiary/aromatic N) is 3. The van der Waals surface area contributed by atoms with Crippen molar-refractivity contribution < 1.29 is 9.34 Å². The van der Waals surface area contributed by atoms with E-state index >= 15 is 0 Å². The van der Waals surface area contributed by atoms with Crippen LogP contribution in [0.25, 0.3) is 11.3 Å². The molecule has 0 atom stereocenters. The number of aryl methyl sites for hydroxylation is 1. The number of nitro groups is 1. The number of aromatic nitrogens is 1. The second-order valence-corrected chi connectivity index (χ2v) is 5.57. The van der Waals surface area contributed by atoms with E-state index in [0.717, 1.165) is 11.3 Å². The molecule has 0 bridgehead atoms. The van der Waals surface area contributed by atoms with Crippen LogP contribution in [-0.2, 0) is 0 Å². The molecule has 0 fully saturated rings. The zero-order chi connectivity index (χ0) is 16.2. The Balaban J connectivity index is 1.65. The third kappa shape index (κ3) is 3.61. The Hall–Kier alpha value is -3.00. The number of nitrogens with one attached hydrogen (secondary N) is 1. The SMILES string of the molecule is Cc1ccc(-c2csc(N/N=C/c3ccc([N+](=O)[O-])o3)n2)cc1. The van der Waals surface area contributed by atoms with E-state index < -0.39 is 4.92 Å². The van der Waals surface area contributed by atoms with Crippen LogP contribution in [0.2, 0.25) is 0 Å². The minimum absolute atomic E-state index is 0.291. The zero-order valence-corrected chi connectivity index (χ0v) is 12.9. The molecule has 0 saturated heterocycles. The molecule has 7 nitrogen and oxygen atoms in total. The predicted molar refractivity (Wildman–Crippen MR) is 88.9 cm³/mol. The highest BCUT2D eigenvalue weighted by Crippen LogP contribution is 2.25. The van der Waals surface area contributed by atoms with Crippen LogP contribution in [0.1, 0.15) is 11.3 Å². The van der Waals surface area contributed by atoms with Gasteiger partial charge in [-0.1, -0.05) is 29.8 Å². The van der Waals surface area contributed by atoms with Crippen LogP contribution in [0.15, 0.2) is 51.3 Å². The summed E-state index contributed by atoms with van der Waals surface area (Å²) in [5.74, 6) is -0.0260. The van der Waals surface area contributed by atoms with Crippen molar-refractivity contribution in [2.45, 2.75) is 6.92 Å². The highest BCUT2D eigenvalue weighted by Gasteiger charge is 2.10. The fraction of sp³-hybridized carbons (Fsp3) is 0.0667. The first-order chi connectivity index (χ1) is 11.1. The average Bonchev–Trinajstić information content (AvgIpc) is 3.18. The lowest BCUT2D eigenvalue weighted by atomic mass is 10.1. The molecule has 3 aromatic rings. The Morgan fingerprint density at radius 1 is 1.30 bits per heavy atom. The van der Waals surface area contributed by atoms with E-state index in [1.807, 2.05) is 36.6 Å². The molecule has 1 aromatic carbocycles. The van der Waals surface area contributed by atoms with Gasteiger partial charge >= 0.3 is 5.88 Å². The molecule has 0 spiro atoms. The summed E-state index contributed by atoms with van der Waals surface area (Å²) in [5.41, 5.74) is 5.87. The van der Waals surface area contributed by atoms with Gasteiger partial charge in [0.05, 0.1) is 18.0 Å². The van der Waals surface area contributed by atoms with Crippen LogP contribution in [0.3, 0.4) is 0 Å². The maximum Gasteiger partial charge on any atom is 0.433 e. The lowest BCUT2D eigenvalue weighted by Gasteiger charge is -1.97. The van der Waals surface area contributed by atoms with Crippen molar-refractivity contribution in [3.05, 3.63) is 63.2 Å². The van der Waals surface area contributed by atoms with Crippen molar-refractivity contribution in [3.63, 3.8) is 0 Å². The Labute approximate surface area is 135 Å². The molecule has 3 rings (SSSR count). The lowest BCUT2D eigenvalue weighted by molar-refractivity contribution is -0.402. The van der Waals surface area contributed by atoms with Gasteiger partial charge in [-0.25, -0.2) is 4.98 Å². The molecular formula is C15H12N4O3S. The highest BCUT2D eigenvalue weighted by molar-refractivity contribution is 7.14. The van der Waals surface area contributed by atoms with Crippen LogP contribution in [0.4, 0.5) is 11.0 Å².